The predicted octanol–water partition coefficient (Wildman–Crippen LogP) is 5.48. The number of methoxy groups -OCH3 is 4. The second kappa shape index (κ2) is 9.36. The molecule has 0 radical (unpaired) electrons. The summed E-state index contributed by atoms with van der Waals surface area (Å²) in [4.78, 5) is 0. The van der Waals surface area contributed by atoms with Crippen LogP contribution >= 0.6 is 0 Å². The molecule has 0 aromatic heterocycles. The first-order chi connectivity index (χ1) is 13.7. The molecule has 2 aromatic rings. The molecule has 0 spiro atoms. The van der Waals surface area contributed by atoms with Crippen LogP contribution in [0.4, 0.5) is 0 Å². The number of ether oxygens (including phenoxy) is 4. The molecule has 0 amide bonds. The van der Waals surface area contributed by atoms with Gasteiger partial charge in [-0.25, -0.2) is 0 Å². The summed E-state index contributed by atoms with van der Waals surface area (Å²) in [6.45, 7) is 0. The Morgan fingerprint density at radius 3 is 2.11 bits per heavy atom. The summed E-state index contributed by atoms with van der Waals surface area (Å²) in [7, 11) is 6.64. The first-order valence-electron chi connectivity index (χ1n) is 9.49. The molecule has 3 rings (SSSR count). The fraction of sp³-hybridized carbons (Fsp3) is 0.333. The summed E-state index contributed by atoms with van der Waals surface area (Å²) in [6.07, 6.45) is 11.2. The highest BCUT2D eigenvalue weighted by Crippen LogP contribution is 2.39. The van der Waals surface area contributed by atoms with E-state index in [4.69, 9.17) is 18.9 Å². The van der Waals surface area contributed by atoms with Gasteiger partial charge in [0.25, 0.3) is 0 Å². The maximum absolute atomic E-state index is 5.49. The molecule has 0 aliphatic heterocycles. The Morgan fingerprint density at radius 2 is 1.43 bits per heavy atom. The topological polar surface area (TPSA) is 36.9 Å². The highest BCUT2D eigenvalue weighted by molar-refractivity contribution is 5.56. The van der Waals surface area contributed by atoms with Gasteiger partial charge in [0.15, 0.2) is 23.0 Å². The van der Waals surface area contributed by atoms with Gasteiger partial charge in [0.2, 0.25) is 0 Å². The van der Waals surface area contributed by atoms with Gasteiger partial charge in [0, 0.05) is 5.92 Å². The molecule has 0 saturated carbocycles. The fourth-order valence-corrected chi connectivity index (χ4v) is 3.68. The van der Waals surface area contributed by atoms with E-state index in [1.54, 1.807) is 28.4 Å². The molecule has 0 bridgehead atoms. The van der Waals surface area contributed by atoms with E-state index in [9.17, 15) is 0 Å². The minimum Gasteiger partial charge on any atom is -0.493 e. The highest BCUT2D eigenvalue weighted by atomic mass is 16.5. The van der Waals surface area contributed by atoms with Gasteiger partial charge in [-0.1, -0.05) is 36.4 Å². The second-order valence-electron chi connectivity index (χ2n) is 6.78. The molecule has 0 saturated heterocycles. The Labute approximate surface area is 167 Å². The van der Waals surface area contributed by atoms with E-state index in [0.29, 0.717) is 11.8 Å². The Bertz CT molecular complexity index is 854. The van der Waals surface area contributed by atoms with Gasteiger partial charge in [-0.2, -0.15) is 0 Å². The minimum atomic E-state index is 0.310. The monoisotopic (exact) mass is 380 g/mol. The lowest BCUT2D eigenvalue weighted by Crippen LogP contribution is -2.12. The van der Waals surface area contributed by atoms with Crippen LogP contribution in [0.3, 0.4) is 0 Å². The summed E-state index contributed by atoms with van der Waals surface area (Å²) in [6, 6.07) is 12.2. The quantitative estimate of drug-likeness (QED) is 0.596. The van der Waals surface area contributed by atoms with E-state index in [2.05, 4.69) is 36.4 Å². The lowest BCUT2D eigenvalue weighted by Gasteiger charge is -2.26. The lowest BCUT2D eigenvalue weighted by molar-refractivity contribution is 0.354. The van der Waals surface area contributed by atoms with E-state index in [1.165, 1.54) is 5.56 Å². The number of hydrogen-bond acceptors (Lipinski definition) is 4. The highest BCUT2D eigenvalue weighted by Gasteiger charge is 2.22. The van der Waals surface area contributed by atoms with Crippen molar-refractivity contribution in [2.24, 2.45) is 5.92 Å². The van der Waals surface area contributed by atoms with E-state index in [1.807, 2.05) is 24.3 Å². The van der Waals surface area contributed by atoms with Crippen LogP contribution in [0.25, 0.3) is 6.08 Å². The zero-order valence-corrected chi connectivity index (χ0v) is 17.0. The van der Waals surface area contributed by atoms with Crippen molar-refractivity contribution in [2.75, 3.05) is 28.4 Å². The Balaban J connectivity index is 1.85. The van der Waals surface area contributed by atoms with Crippen molar-refractivity contribution in [1.29, 1.82) is 0 Å². The van der Waals surface area contributed by atoms with E-state index < -0.39 is 0 Å². The Hall–Kier alpha value is -2.88. The van der Waals surface area contributed by atoms with E-state index >= 15 is 0 Å². The van der Waals surface area contributed by atoms with Gasteiger partial charge in [-0.3, -0.25) is 0 Å². The van der Waals surface area contributed by atoms with Crippen LogP contribution in [0.2, 0.25) is 0 Å². The van der Waals surface area contributed by atoms with Crippen LogP contribution in [0.1, 0.15) is 29.9 Å². The maximum Gasteiger partial charge on any atom is 0.161 e. The maximum atomic E-state index is 5.49. The summed E-state index contributed by atoms with van der Waals surface area (Å²) < 4.78 is 21.6. The predicted molar refractivity (Wildman–Crippen MR) is 113 cm³/mol. The molecular weight excluding hydrogens is 352 g/mol. The van der Waals surface area contributed by atoms with Crippen LogP contribution in [-0.4, -0.2) is 28.4 Å². The molecule has 1 aliphatic rings. The summed E-state index contributed by atoms with van der Waals surface area (Å²) in [5, 5.41) is 0. The molecule has 0 fully saturated rings. The van der Waals surface area contributed by atoms with Crippen LogP contribution in [0, 0.1) is 5.92 Å². The standard InChI is InChI=1S/C24H28O4/c1-25-21-13-10-17(15-23(21)27-3)9-11-18-7-5-6-8-20(18)19-12-14-22(26-2)24(16-19)28-4/h6,8-16,18,20H,5,7H2,1-4H3/b11-9+/t18-,20?/m1/s1. The molecule has 1 unspecified atom stereocenters. The van der Waals surface area contributed by atoms with E-state index in [-0.39, 0.29) is 0 Å². The third-order valence-electron chi connectivity index (χ3n) is 5.21. The molecule has 1 aliphatic carbocycles. The van der Waals surface area contributed by atoms with E-state index in [0.717, 1.165) is 41.4 Å². The molecule has 148 valence electrons. The number of rotatable bonds is 7. The third kappa shape index (κ3) is 4.33. The van der Waals surface area contributed by atoms with Crippen molar-refractivity contribution < 1.29 is 18.9 Å². The van der Waals surface area contributed by atoms with Crippen molar-refractivity contribution in [3.05, 3.63) is 65.8 Å². The SMILES string of the molecule is COc1ccc(/C=C/[C@H]2CCC=CC2c2ccc(OC)c(OC)c2)cc1OC. The Kier molecular flexibility index (Phi) is 6.64. The van der Waals surface area contributed by atoms with Crippen LogP contribution in [0.5, 0.6) is 23.0 Å². The van der Waals surface area contributed by atoms with Gasteiger partial charge in [0.1, 0.15) is 0 Å². The van der Waals surface area contributed by atoms with Crippen molar-refractivity contribution >= 4 is 6.08 Å². The van der Waals surface area contributed by atoms with Crippen LogP contribution in [0.15, 0.2) is 54.6 Å². The van der Waals surface area contributed by atoms with Gasteiger partial charge in [0.05, 0.1) is 28.4 Å². The third-order valence-corrected chi connectivity index (χ3v) is 5.21. The average Bonchev–Trinajstić information content (AvgIpc) is 2.77. The largest absolute Gasteiger partial charge is 0.493 e. The van der Waals surface area contributed by atoms with Crippen molar-refractivity contribution in [3.63, 3.8) is 0 Å². The summed E-state index contributed by atoms with van der Waals surface area (Å²) in [5.41, 5.74) is 2.33. The molecule has 2 aromatic carbocycles. The number of benzene rings is 2. The molecule has 2 atom stereocenters. The average molecular weight is 380 g/mol. The smallest absolute Gasteiger partial charge is 0.161 e. The number of hydrogen-bond donors (Lipinski definition) is 0. The summed E-state index contributed by atoms with van der Waals surface area (Å²) >= 11 is 0. The second-order valence-corrected chi connectivity index (χ2v) is 6.78. The molecule has 0 heterocycles. The molecular formula is C24H28O4. The lowest BCUT2D eigenvalue weighted by atomic mass is 9.79. The zero-order chi connectivity index (χ0) is 19.9. The number of allylic oxidation sites excluding steroid dienone is 3. The first kappa shape index (κ1) is 19.9. The van der Waals surface area contributed by atoms with Crippen LogP contribution in [-0.2, 0) is 0 Å². The van der Waals surface area contributed by atoms with Crippen LogP contribution < -0.4 is 18.9 Å². The zero-order valence-electron chi connectivity index (χ0n) is 17.0. The minimum absolute atomic E-state index is 0.310. The molecule has 4 nitrogen and oxygen atoms in total. The molecule has 28 heavy (non-hydrogen) atoms. The molecule has 4 heteroatoms. The Morgan fingerprint density at radius 1 is 0.786 bits per heavy atom. The van der Waals surface area contributed by atoms with Gasteiger partial charge >= 0.3 is 0 Å². The van der Waals surface area contributed by atoms with Crippen molar-refractivity contribution in [1.82, 2.24) is 0 Å². The van der Waals surface area contributed by atoms with Crippen molar-refractivity contribution in [2.45, 2.75) is 18.8 Å². The fourth-order valence-electron chi connectivity index (χ4n) is 3.68. The molecule has 0 N–H and O–H groups in total. The van der Waals surface area contributed by atoms with Gasteiger partial charge < -0.3 is 18.9 Å². The summed E-state index contributed by atoms with van der Waals surface area (Å²) in [5.74, 6) is 3.72. The van der Waals surface area contributed by atoms with Gasteiger partial charge in [-0.15, -0.1) is 0 Å². The normalized spacial score (nSPS) is 18.9. The van der Waals surface area contributed by atoms with Gasteiger partial charge in [-0.05, 0) is 54.2 Å². The van der Waals surface area contributed by atoms with Crippen molar-refractivity contribution in [3.8, 4) is 23.0 Å². The first-order valence-corrected chi connectivity index (χ1v) is 9.49.